The van der Waals surface area contributed by atoms with Gasteiger partial charge in [-0.3, -0.25) is 0 Å². The second kappa shape index (κ2) is 4.26. The van der Waals surface area contributed by atoms with Crippen LogP contribution in [0.4, 0.5) is 0 Å². The number of nitrogens with two attached hydrogens (primary N) is 1. The summed E-state index contributed by atoms with van der Waals surface area (Å²) in [4.78, 5) is 8.85. The van der Waals surface area contributed by atoms with E-state index in [0.717, 1.165) is 11.3 Å². The van der Waals surface area contributed by atoms with Crippen molar-refractivity contribution in [3.8, 4) is 0 Å². The zero-order chi connectivity index (χ0) is 10.8. The average Bonchev–Trinajstić information content (AvgIpc) is 2.02. The summed E-state index contributed by atoms with van der Waals surface area (Å²) in [7, 11) is 0. The molecule has 0 bridgehead atoms. The first kappa shape index (κ1) is 11.4. The Morgan fingerprint density at radius 3 is 2.64 bits per heavy atom. The van der Waals surface area contributed by atoms with Crippen LogP contribution in [0.25, 0.3) is 0 Å². The van der Waals surface area contributed by atoms with E-state index in [-0.39, 0.29) is 5.41 Å². The van der Waals surface area contributed by atoms with Crippen LogP contribution < -0.4 is 5.90 Å². The van der Waals surface area contributed by atoms with Crippen LogP contribution in [-0.4, -0.2) is 11.6 Å². The molecule has 0 unspecified atom stereocenters. The van der Waals surface area contributed by atoms with Gasteiger partial charge in [-0.1, -0.05) is 31.5 Å². The van der Waals surface area contributed by atoms with Gasteiger partial charge in [-0.15, -0.1) is 0 Å². The van der Waals surface area contributed by atoms with E-state index in [0.29, 0.717) is 11.8 Å². The number of nitrogens with zero attached hydrogens (tertiary/aromatic N) is 1. The SMILES string of the molecule is Cc1ccc(C(C)(C)CON)c(Cl)n1. The van der Waals surface area contributed by atoms with Gasteiger partial charge in [0.25, 0.3) is 0 Å². The van der Waals surface area contributed by atoms with Crippen LogP contribution in [0.2, 0.25) is 5.15 Å². The normalized spacial score (nSPS) is 11.8. The fourth-order valence-corrected chi connectivity index (χ4v) is 1.77. The predicted molar refractivity (Wildman–Crippen MR) is 57.1 cm³/mol. The summed E-state index contributed by atoms with van der Waals surface area (Å²) in [5, 5.41) is 0.520. The van der Waals surface area contributed by atoms with E-state index in [1.54, 1.807) is 0 Å². The number of rotatable bonds is 3. The van der Waals surface area contributed by atoms with Crippen molar-refractivity contribution in [3.63, 3.8) is 0 Å². The smallest absolute Gasteiger partial charge is 0.133 e. The molecule has 0 aromatic carbocycles. The molecule has 1 heterocycles. The van der Waals surface area contributed by atoms with Crippen molar-refractivity contribution in [2.45, 2.75) is 26.2 Å². The number of pyridine rings is 1. The highest BCUT2D eigenvalue weighted by molar-refractivity contribution is 6.30. The van der Waals surface area contributed by atoms with Crippen LogP contribution in [0, 0.1) is 6.92 Å². The molecule has 1 aromatic heterocycles. The van der Waals surface area contributed by atoms with Crippen molar-refractivity contribution in [3.05, 3.63) is 28.5 Å². The van der Waals surface area contributed by atoms with E-state index in [2.05, 4.69) is 9.82 Å². The molecule has 0 atom stereocenters. The number of aromatic nitrogens is 1. The van der Waals surface area contributed by atoms with E-state index in [4.69, 9.17) is 17.5 Å². The van der Waals surface area contributed by atoms with Gasteiger partial charge in [0.1, 0.15) is 5.15 Å². The molecule has 0 spiro atoms. The number of aryl methyl sites for hydroxylation is 1. The second-order valence-electron chi connectivity index (χ2n) is 3.99. The third-order valence-electron chi connectivity index (χ3n) is 2.16. The highest BCUT2D eigenvalue weighted by Crippen LogP contribution is 2.28. The topological polar surface area (TPSA) is 48.1 Å². The van der Waals surface area contributed by atoms with Crippen molar-refractivity contribution in [2.75, 3.05) is 6.61 Å². The maximum Gasteiger partial charge on any atom is 0.133 e. The molecule has 0 radical (unpaired) electrons. The maximum atomic E-state index is 6.04. The van der Waals surface area contributed by atoms with Gasteiger partial charge in [0.05, 0.1) is 6.61 Å². The molecular weight excluding hydrogens is 200 g/mol. The first-order chi connectivity index (χ1) is 6.47. The fraction of sp³-hybridized carbons (Fsp3) is 0.500. The van der Waals surface area contributed by atoms with Crippen molar-refractivity contribution < 1.29 is 4.84 Å². The first-order valence-electron chi connectivity index (χ1n) is 4.42. The standard InChI is InChI=1S/C10H15ClN2O/c1-7-4-5-8(9(11)13-7)10(2,3)6-14-12/h4-5H,6,12H2,1-3H3. The first-order valence-corrected chi connectivity index (χ1v) is 4.80. The van der Waals surface area contributed by atoms with Crippen molar-refractivity contribution >= 4 is 11.6 Å². The molecule has 0 aliphatic heterocycles. The number of hydrogen-bond donors (Lipinski definition) is 1. The fourth-order valence-electron chi connectivity index (χ4n) is 1.32. The lowest BCUT2D eigenvalue weighted by atomic mass is 9.86. The van der Waals surface area contributed by atoms with Gasteiger partial charge in [-0.25, -0.2) is 10.9 Å². The number of halogens is 1. The maximum absolute atomic E-state index is 6.04. The van der Waals surface area contributed by atoms with Crippen molar-refractivity contribution in [1.82, 2.24) is 4.98 Å². The molecule has 1 aromatic rings. The number of hydrogen-bond acceptors (Lipinski definition) is 3. The summed E-state index contributed by atoms with van der Waals surface area (Å²) >= 11 is 6.04. The molecule has 0 saturated heterocycles. The highest BCUT2D eigenvalue weighted by atomic mass is 35.5. The Bertz CT molecular complexity index is 326. The van der Waals surface area contributed by atoms with Gasteiger partial charge in [0.2, 0.25) is 0 Å². The largest absolute Gasteiger partial charge is 0.304 e. The van der Waals surface area contributed by atoms with E-state index in [9.17, 15) is 0 Å². The highest BCUT2D eigenvalue weighted by Gasteiger charge is 2.24. The summed E-state index contributed by atoms with van der Waals surface area (Å²) in [6, 6.07) is 3.89. The Labute approximate surface area is 89.2 Å². The van der Waals surface area contributed by atoms with Crippen molar-refractivity contribution in [1.29, 1.82) is 0 Å². The molecule has 2 N–H and O–H groups in total. The zero-order valence-corrected chi connectivity index (χ0v) is 9.43. The molecule has 0 saturated carbocycles. The van der Waals surface area contributed by atoms with Gasteiger partial charge in [-0.05, 0) is 18.6 Å². The van der Waals surface area contributed by atoms with Crippen LogP contribution in [0.3, 0.4) is 0 Å². The molecule has 0 aliphatic rings. The summed E-state index contributed by atoms with van der Waals surface area (Å²) in [6.45, 7) is 6.34. The lowest BCUT2D eigenvalue weighted by Gasteiger charge is -2.24. The molecule has 78 valence electrons. The second-order valence-corrected chi connectivity index (χ2v) is 4.34. The van der Waals surface area contributed by atoms with E-state index < -0.39 is 0 Å². The minimum Gasteiger partial charge on any atom is -0.304 e. The van der Waals surface area contributed by atoms with Crippen LogP contribution in [0.15, 0.2) is 12.1 Å². The van der Waals surface area contributed by atoms with E-state index >= 15 is 0 Å². The zero-order valence-electron chi connectivity index (χ0n) is 8.67. The van der Waals surface area contributed by atoms with Gasteiger partial charge in [0.15, 0.2) is 0 Å². The van der Waals surface area contributed by atoms with Crippen LogP contribution in [-0.2, 0) is 10.3 Å². The summed E-state index contributed by atoms with van der Waals surface area (Å²) in [6.07, 6.45) is 0. The molecular formula is C10H15ClN2O. The summed E-state index contributed by atoms with van der Waals surface area (Å²) in [5.74, 6) is 5.07. The van der Waals surface area contributed by atoms with E-state index in [1.165, 1.54) is 0 Å². The molecule has 0 aliphatic carbocycles. The van der Waals surface area contributed by atoms with Crippen LogP contribution in [0.1, 0.15) is 25.1 Å². The van der Waals surface area contributed by atoms with Crippen LogP contribution >= 0.6 is 11.6 Å². The van der Waals surface area contributed by atoms with Gasteiger partial charge in [-0.2, -0.15) is 0 Å². The molecule has 1 rings (SSSR count). The monoisotopic (exact) mass is 214 g/mol. The lowest BCUT2D eigenvalue weighted by Crippen LogP contribution is -2.26. The molecule has 0 fully saturated rings. The van der Waals surface area contributed by atoms with Gasteiger partial charge < -0.3 is 4.84 Å². The predicted octanol–water partition coefficient (Wildman–Crippen LogP) is 2.21. The third-order valence-corrected chi connectivity index (χ3v) is 2.45. The minimum atomic E-state index is -0.216. The summed E-state index contributed by atoms with van der Waals surface area (Å²) < 4.78 is 0. The molecule has 3 nitrogen and oxygen atoms in total. The van der Waals surface area contributed by atoms with Crippen molar-refractivity contribution in [2.24, 2.45) is 5.90 Å². The Morgan fingerprint density at radius 2 is 2.14 bits per heavy atom. The Balaban J connectivity index is 3.06. The Morgan fingerprint density at radius 1 is 1.50 bits per heavy atom. The van der Waals surface area contributed by atoms with Gasteiger partial charge in [0, 0.05) is 11.1 Å². The summed E-state index contributed by atoms with van der Waals surface area (Å²) in [5.41, 5.74) is 1.64. The molecule has 0 amide bonds. The van der Waals surface area contributed by atoms with E-state index in [1.807, 2.05) is 32.9 Å². The average molecular weight is 215 g/mol. The molecule has 14 heavy (non-hydrogen) atoms. The Kier molecular flexibility index (Phi) is 3.48. The quantitative estimate of drug-likeness (QED) is 0.620. The molecule has 4 heteroatoms. The Hall–Kier alpha value is -0.640. The lowest BCUT2D eigenvalue weighted by molar-refractivity contribution is 0.0963. The van der Waals surface area contributed by atoms with Gasteiger partial charge >= 0.3 is 0 Å². The third kappa shape index (κ3) is 2.44. The minimum absolute atomic E-state index is 0.216. The van der Waals surface area contributed by atoms with Crippen LogP contribution in [0.5, 0.6) is 0 Å².